The highest BCUT2D eigenvalue weighted by molar-refractivity contribution is 5.72. The lowest BCUT2D eigenvalue weighted by Crippen LogP contribution is -2.38. The smallest absolute Gasteiger partial charge is 0.309 e. The third-order valence-electron chi connectivity index (χ3n) is 2.91. The zero-order valence-corrected chi connectivity index (χ0v) is 8.83. The lowest BCUT2D eigenvalue weighted by atomic mass is 10.0. The van der Waals surface area contributed by atoms with Gasteiger partial charge in [-0.1, -0.05) is 13.8 Å². The number of carbonyl (C=O) groups excluding carboxylic acids is 1. The van der Waals surface area contributed by atoms with Gasteiger partial charge in [-0.3, -0.25) is 4.79 Å². The number of carbonyl (C=O) groups is 1. The molecule has 0 spiro atoms. The van der Waals surface area contributed by atoms with E-state index in [2.05, 4.69) is 17.0 Å². The fraction of sp³-hybridized carbons (Fsp3) is 0.900. The number of ether oxygens (including phenoxy) is 1. The van der Waals surface area contributed by atoms with Crippen LogP contribution in [0.15, 0.2) is 0 Å². The standard InChI is InChI=1S/C10H19NO2/c1-6-5-9(6)11-8(3)7(2)10(12)13-4/h6-9,11H,5H2,1-4H3. The topological polar surface area (TPSA) is 38.3 Å². The third-order valence-corrected chi connectivity index (χ3v) is 2.91. The molecule has 4 unspecified atom stereocenters. The van der Waals surface area contributed by atoms with E-state index < -0.39 is 0 Å². The largest absolute Gasteiger partial charge is 0.469 e. The van der Waals surface area contributed by atoms with E-state index in [9.17, 15) is 4.79 Å². The summed E-state index contributed by atoms with van der Waals surface area (Å²) >= 11 is 0. The molecule has 1 aliphatic rings. The van der Waals surface area contributed by atoms with Gasteiger partial charge in [0.1, 0.15) is 0 Å². The lowest BCUT2D eigenvalue weighted by molar-refractivity contribution is -0.145. The van der Waals surface area contributed by atoms with Crippen LogP contribution in [-0.4, -0.2) is 25.2 Å². The fourth-order valence-corrected chi connectivity index (χ4v) is 1.43. The second-order valence-corrected chi connectivity index (χ2v) is 4.09. The van der Waals surface area contributed by atoms with Crippen molar-refractivity contribution >= 4 is 5.97 Å². The average Bonchev–Trinajstić information content (AvgIpc) is 2.79. The molecule has 1 rings (SSSR count). The first-order valence-electron chi connectivity index (χ1n) is 4.90. The van der Waals surface area contributed by atoms with Crippen molar-refractivity contribution in [3.8, 4) is 0 Å². The van der Waals surface area contributed by atoms with Gasteiger partial charge in [0.2, 0.25) is 0 Å². The highest BCUT2D eigenvalue weighted by Crippen LogP contribution is 2.30. The summed E-state index contributed by atoms with van der Waals surface area (Å²) in [5.41, 5.74) is 0. The number of nitrogens with one attached hydrogen (secondary N) is 1. The van der Waals surface area contributed by atoms with Crippen LogP contribution in [0.3, 0.4) is 0 Å². The molecule has 0 amide bonds. The van der Waals surface area contributed by atoms with Gasteiger partial charge >= 0.3 is 5.97 Å². The second kappa shape index (κ2) is 4.09. The summed E-state index contributed by atoms with van der Waals surface area (Å²) in [5.74, 6) is 0.582. The molecule has 0 saturated heterocycles. The summed E-state index contributed by atoms with van der Waals surface area (Å²) in [6.07, 6.45) is 1.23. The molecular weight excluding hydrogens is 166 g/mol. The molecule has 0 radical (unpaired) electrons. The van der Waals surface area contributed by atoms with Gasteiger partial charge in [-0.2, -0.15) is 0 Å². The first-order chi connectivity index (χ1) is 6.06. The number of hydrogen-bond acceptors (Lipinski definition) is 3. The normalized spacial score (nSPS) is 30.8. The van der Waals surface area contributed by atoms with Gasteiger partial charge in [0.15, 0.2) is 0 Å². The van der Waals surface area contributed by atoms with Crippen LogP contribution in [0.1, 0.15) is 27.2 Å². The van der Waals surface area contributed by atoms with Crippen molar-refractivity contribution in [2.45, 2.75) is 39.3 Å². The molecule has 1 fully saturated rings. The molecule has 1 N–H and O–H groups in total. The zero-order valence-electron chi connectivity index (χ0n) is 8.83. The van der Waals surface area contributed by atoms with E-state index in [0.29, 0.717) is 6.04 Å². The highest BCUT2D eigenvalue weighted by atomic mass is 16.5. The second-order valence-electron chi connectivity index (χ2n) is 4.09. The monoisotopic (exact) mass is 185 g/mol. The van der Waals surface area contributed by atoms with E-state index in [1.54, 1.807) is 0 Å². The number of hydrogen-bond donors (Lipinski definition) is 1. The van der Waals surface area contributed by atoms with Crippen molar-refractivity contribution in [1.82, 2.24) is 5.32 Å². The van der Waals surface area contributed by atoms with Crippen LogP contribution in [0.25, 0.3) is 0 Å². The van der Waals surface area contributed by atoms with Gasteiger partial charge in [-0.05, 0) is 19.3 Å². The van der Waals surface area contributed by atoms with Crippen molar-refractivity contribution in [2.24, 2.45) is 11.8 Å². The summed E-state index contributed by atoms with van der Waals surface area (Å²) in [6, 6.07) is 0.824. The Kier molecular flexibility index (Phi) is 3.31. The van der Waals surface area contributed by atoms with Crippen LogP contribution in [0.4, 0.5) is 0 Å². The molecule has 3 heteroatoms. The molecule has 4 atom stereocenters. The quantitative estimate of drug-likeness (QED) is 0.668. The molecule has 0 aromatic rings. The number of methoxy groups -OCH3 is 1. The van der Waals surface area contributed by atoms with Crippen LogP contribution in [0.2, 0.25) is 0 Å². The molecule has 3 nitrogen and oxygen atoms in total. The van der Waals surface area contributed by atoms with Crippen molar-refractivity contribution in [3.63, 3.8) is 0 Å². The molecule has 1 saturated carbocycles. The minimum absolute atomic E-state index is 0.0576. The Bertz CT molecular complexity index is 193. The van der Waals surface area contributed by atoms with E-state index in [-0.39, 0.29) is 17.9 Å². The van der Waals surface area contributed by atoms with E-state index in [1.807, 2.05) is 13.8 Å². The summed E-state index contributed by atoms with van der Waals surface area (Å²) in [6.45, 7) is 6.15. The third kappa shape index (κ3) is 2.69. The van der Waals surface area contributed by atoms with E-state index >= 15 is 0 Å². The first-order valence-corrected chi connectivity index (χ1v) is 4.90. The maximum Gasteiger partial charge on any atom is 0.309 e. The minimum atomic E-state index is -0.131. The molecule has 76 valence electrons. The van der Waals surface area contributed by atoms with Crippen molar-refractivity contribution in [1.29, 1.82) is 0 Å². The van der Waals surface area contributed by atoms with Crippen LogP contribution < -0.4 is 5.32 Å². The fourth-order valence-electron chi connectivity index (χ4n) is 1.43. The number of esters is 1. The van der Waals surface area contributed by atoms with Crippen molar-refractivity contribution < 1.29 is 9.53 Å². The van der Waals surface area contributed by atoms with Crippen LogP contribution in [0.5, 0.6) is 0 Å². The molecule has 0 bridgehead atoms. The van der Waals surface area contributed by atoms with Gasteiger partial charge in [0.05, 0.1) is 13.0 Å². The Morgan fingerprint density at radius 3 is 2.46 bits per heavy atom. The zero-order chi connectivity index (χ0) is 10.0. The Morgan fingerprint density at radius 2 is 2.08 bits per heavy atom. The van der Waals surface area contributed by atoms with Crippen LogP contribution in [0, 0.1) is 11.8 Å². The van der Waals surface area contributed by atoms with Crippen LogP contribution >= 0.6 is 0 Å². The van der Waals surface area contributed by atoms with Gasteiger partial charge in [0, 0.05) is 12.1 Å². The Balaban J connectivity index is 2.29. The summed E-state index contributed by atoms with van der Waals surface area (Å²) in [7, 11) is 1.44. The maximum absolute atomic E-state index is 11.2. The number of rotatable bonds is 4. The average molecular weight is 185 g/mol. The van der Waals surface area contributed by atoms with E-state index in [1.165, 1.54) is 13.5 Å². The van der Waals surface area contributed by atoms with Crippen molar-refractivity contribution in [2.75, 3.05) is 7.11 Å². The van der Waals surface area contributed by atoms with E-state index in [4.69, 9.17) is 0 Å². The molecule has 13 heavy (non-hydrogen) atoms. The summed E-state index contributed by atoms with van der Waals surface area (Å²) in [5, 5.41) is 3.42. The Hall–Kier alpha value is -0.570. The van der Waals surface area contributed by atoms with Gasteiger partial charge in [-0.25, -0.2) is 0 Å². The van der Waals surface area contributed by atoms with Crippen LogP contribution in [-0.2, 0) is 9.53 Å². The molecular formula is C10H19NO2. The molecule has 0 aromatic heterocycles. The molecule has 1 aliphatic carbocycles. The van der Waals surface area contributed by atoms with E-state index in [0.717, 1.165) is 5.92 Å². The first kappa shape index (κ1) is 10.5. The molecule has 0 aromatic carbocycles. The highest BCUT2D eigenvalue weighted by Gasteiger charge is 2.35. The maximum atomic E-state index is 11.2. The summed E-state index contributed by atoms with van der Waals surface area (Å²) in [4.78, 5) is 11.2. The lowest BCUT2D eigenvalue weighted by Gasteiger charge is -2.19. The predicted molar refractivity (Wildman–Crippen MR) is 51.3 cm³/mol. The molecule has 0 aliphatic heterocycles. The Labute approximate surface area is 79.8 Å². The van der Waals surface area contributed by atoms with Gasteiger partial charge < -0.3 is 10.1 Å². The van der Waals surface area contributed by atoms with Gasteiger partial charge in [-0.15, -0.1) is 0 Å². The predicted octanol–water partition coefficient (Wildman–Crippen LogP) is 1.18. The Morgan fingerprint density at radius 1 is 1.54 bits per heavy atom. The SMILES string of the molecule is COC(=O)C(C)C(C)NC1CC1C. The summed E-state index contributed by atoms with van der Waals surface area (Å²) < 4.78 is 4.68. The minimum Gasteiger partial charge on any atom is -0.469 e. The van der Waals surface area contributed by atoms with Gasteiger partial charge in [0.25, 0.3) is 0 Å². The molecule has 0 heterocycles. The van der Waals surface area contributed by atoms with Crippen molar-refractivity contribution in [3.05, 3.63) is 0 Å².